The number of pyridine rings is 1. The van der Waals surface area contributed by atoms with Crippen LogP contribution in [0.4, 0.5) is 5.82 Å². The molecule has 1 N–H and O–H groups in total. The van der Waals surface area contributed by atoms with Gasteiger partial charge in [-0.2, -0.15) is 0 Å². The fraction of sp³-hybridized carbons (Fsp3) is 0. The molecule has 0 atom stereocenters. The molecule has 92 valence electrons. The molecule has 0 bridgehead atoms. The highest BCUT2D eigenvalue weighted by Crippen LogP contribution is 2.22. The third-order valence-electron chi connectivity index (χ3n) is 2.14. The lowest BCUT2D eigenvalue weighted by atomic mass is 10.2. The first-order valence-electron chi connectivity index (χ1n) is 4.94. The van der Waals surface area contributed by atoms with Gasteiger partial charge in [0.05, 0.1) is 5.56 Å². The fourth-order valence-corrected chi connectivity index (χ4v) is 2.53. The minimum Gasteiger partial charge on any atom is -0.306 e. The van der Waals surface area contributed by atoms with E-state index in [0.29, 0.717) is 20.9 Å². The average Bonchev–Trinajstić information content (AvgIpc) is 2.28. The lowest BCUT2D eigenvalue weighted by Gasteiger charge is -2.06. The quantitative estimate of drug-likeness (QED) is 0.820. The largest absolute Gasteiger partial charge is 0.306 e. The summed E-state index contributed by atoms with van der Waals surface area (Å²) < 4.78 is 1.49. The third kappa shape index (κ3) is 3.31. The Hall–Kier alpha value is -0.910. The van der Waals surface area contributed by atoms with Crippen LogP contribution >= 0.6 is 43.5 Å². The van der Waals surface area contributed by atoms with E-state index in [9.17, 15) is 4.79 Å². The Morgan fingerprint density at radius 3 is 2.67 bits per heavy atom. The summed E-state index contributed by atoms with van der Waals surface area (Å²) in [7, 11) is 0. The van der Waals surface area contributed by atoms with Crippen LogP contribution in [0.25, 0.3) is 0 Å². The van der Waals surface area contributed by atoms with Crippen LogP contribution in [-0.2, 0) is 0 Å². The van der Waals surface area contributed by atoms with E-state index in [1.54, 1.807) is 36.5 Å². The molecule has 0 aliphatic carbocycles. The summed E-state index contributed by atoms with van der Waals surface area (Å²) >= 11 is 12.4. The zero-order chi connectivity index (χ0) is 13.1. The van der Waals surface area contributed by atoms with E-state index in [1.165, 1.54) is 0 Å². The number of aromatic nitrogens is 1. The van der Waals surface area contributed by atoms with Crippen LogP contribution in [0.15, 0.2) is 45.5 Å². The van der Waals surface area contributed by atoms with Crippen molar-refractivity contribution in [2.45, 2.75) is 0 Å². The highest BCUT2D eigenvalue weighted by Gasteiger charge is 2.11. The van der Waals surface area contributed by atoms with Crippen molar-refractivity contribution >= 4 is 55.2 Å². The molecule has 1 aromatic carbocycles. The maximum Gasteiger partial charge on any atom is 0.257 e. The maximum absolute atomic E-state index is 12.0. The van der Waals surface area contributed by atoms with Crippen molar-refractivity contribution in [3.05, 3.63) is 56.1 Å². The molecule has 1 amide bonds. The van der Waals surface area contributed by atoms with E-state index < -0.39 is 0 Å². The molecule has 3 nitrogen and oxygen atoms in total. The van der Waals surface area contributed by atoms with Crippen LogP contribution in [0, 0.1) is 0 Å². The molecule has 1 heterocycles. The van der Waals surface area contributed by atoms with Gasteiger partial charge < -0.3 is 5.32 Å². The second-order valence-corrected chi connectivity index (χ2v) is 5.64. The smallest absolute Gasteiger partial charge is 0.257 e. The van der Waals surface area contributed by atoms with Crippen LogP contribution in [0.5, 0.6) is 0 Å². The average molecular weight is 390 g/mol. The molecule has 2 aromatic rings. The zero-order valence-electron chi connectivity index (χ0n) is 8.95. The number of nitrogens with one attached hydrogen (secondary N) is 1. The van der Waals surface area contributed by atoms with Gasteiger partial charge in [-0.3, -0.25) is 4.79 Å². The summed E-state index contributed by atoms with van der Waals surface area (Å²) in [6, 6.07) is 8.50. The Morgan fingerprint density at radius 1 is 1.22 bits per heavy atom. The van der Waals surface area contributed by atoms with Gasteiger partial charge in [-0.15, -0.1) is 0 Å². The Kier molecular flexibility index (Phi) is 4.37. The third-order valence-corrected chi connectivity index (χ3v) is 3.52. The minimum atomic E-state index is -0.246. The number of carbonyl (C=O) groups excluding carboxylic acids is 1. The number of benzene rings is 1. The summed E-state index contributed by atoms with van der Waals surface area (Å²) in [6.45, 7) is 0. The van der Waals surface area contributed by atoms with Crippen LogP contribution in [0.3, 0.4) is 0 Å². The van der Waals surface area contributed by atoms with Gasteiger partial charge in [0.2, 0.25) is 0 Å². The molecule has 0 spiro atoms. The van der Waals surface area contributed by atoms with Gasteiger partial charge in [-0.05, 0) is 46.3 Å². The molecule has 2 rings (SSSR count). The zero-order valence-corrected chi connectivity index (χ0v) is 12.9. The van der Waals surface area contributed by atoms with Crippen LogP contribution in [0.2, 0.25) is 5.02 Å². The number of hydrogen-bond donors (Lipinski definition) is 1. The predicted octanol–water partition coefficient (Wildman–Crippen LogP) is 4.51. The Morgan fingerprint density at radius 2 is 2.00 bits per heavy atom. The first-order valence-corrected chi connectivity index (χ1v) is 6.90. The number of amides is 1. The molecule has 1 aromatic heterocycles. The molecule has 6 heteroatoms. The summed E-state index contributed by atoms with van der Waals surface area (Å²) in [5, 5.41) is 3.27. The van der Waals surface area contributed by atoms with Crippen molar-refractivity contribution in [3.63, 3.8) is 0 Å². The van der Waals surface area contributed by atoms with Gasteiger partial charge >= 0.3 is 0 Å². The topological polar surface area (TPSA) is 42.0 Å². The molecular formula is C12H7Br2ClN2O. The predicted molar refractivity (Wildman–Crippen MR) is 79.0 cm³/mol. The first-order chi connectivity index (χ1) is 8.56. The van der Waals surface area contributed by atoms with Gasteiger partial charge in [0.15, 0.2) is 0 Å². The second kappa shape index (κ2) is 5.82. The summed E-state index contributed by atoms with van der Waals surface area (Å²) in [6.07, 6.45) is 1.61. The van der Waals surface area contributed by atoms with Crippen molar-refractivity contribution in [2.24, 2.45) is 0 Å². The summed E-state index contributed by atoms with van der Waals surface area (Å²) in [5.41, 5.74) is 0.501. The molecule has 0 fully saturated rings. The van der Waals surface area contributed by atoms with Gasteiger partial charge in [0.25, 0.3) is 5.91 Å². The highest BCUT2D eigenvalue weighted by molar-refractivity contribution is 9.10. The van der Waals surface area contributed by atoms with Gasteiger partial charge in [0, 0.05) is 20.2 Å². The number of rotatable bonds is 2. The number of anilines is 1. The maximum atomic E-state index is 12.0. The molecule has 0 saturated carbocycles. The molecule has 0 aliphatic rings. The lowest BCUT2D eigenvalue weighted by Crippen LogP contribution is -2.13. The Balaban J connectivity index is 2.22. The van der Waals surface area contributed by atoms with Gasteiger partial charge in [0.1, 0.15) is 5.82 Å². The van der Waals surface area contributed by atoms with Crippen molar-refractivity contribution < 1.29 is 4.79 Å². The normalized spacial score (nSPS) is 10.2. The number of halogens is 3. The summed E-state index contributed by atoms with van der Waals surface area (Å²) in [4.78, 5) is 16.1. The van der Waals surface area contributed by atoms with Crippen LogP contribution < -0.4 is 5.32 Å². The van der Waals surface area contributed by atoms with Crippen molar-refractivity contribution in [2.75, 3.05) is 5.32 Å². The summed E-state index contributed by atoms with van der Waals surface area (Å²) in [5.74, 6) is 0.236. The molecule has 18 heavy (non-hydrogen) atoms. The van der Waals surface area contributed by atoms with Gasteiger partial charge in [-0.25, -0.2) is 4.98 Å². The number of carbonyl (C=O) groups is 1. The molecule has 0 saturated heterocycles. The van der Waals surface area contributed by atoms with E-state index in [0.717, 1.165) is 4.47 Å². The van der Waals surface area contributed by atoms with Crippen molar-refractivity contribution in [3.8, 4) is 0 Å². The number of nitrogens with zero attached hydrogens (tertiary/aromatic N) is 1. The SMILES string of the molecule is O=C(Nc1cc(Br)ccn1)c1ccc(Cl)cc1Br. The molecular weight excluding hydrogens is 383 g/mol. The number of hydrogen-bond acceptors (Lipinski definition) is 2. The molecule has 0 aliphatic heterocycles. The van der Waals surface area contributed by atoms with E-state index in [4.69, 9.17) is 11.6 Å². The monoisotopic (exact) mass is 388 g/mol. The van der Waals surface area contributed by atoms with Crippen LogP contribution in [-0.4, -0.2) is 10.9 Å². The fourth-order valence-electron chi connectivity index (χ4n) is 1.33. The standard InChI is InChI=1S/C12H7Br2ClN2O/c13-7-3-4-16-11(5-7)17-12(18)9-2-1-8(15)6-10(9)14/h1-6H,(H,16,17,18). The van der Waals surface area contributed by atoms with Crippen molar-refractivity contribution in [1.29, 1.82) is 0 Å². The lowest BCUT2D eigenvalue weighted by molar-refractivity contribution is 0.102. The van der Waals surface area contributed by atoms with E-state index in [-0.39, 0.29) is 5.91 Å². The van der Waals surface area contributed by atoms with Crippen molar-refractivity contribution in [1.82, 2.24) is 4.98 Å². The Bertz CT molecular complexity index is 604. The molecule has 0 unspecified atom stereocenters. The second-order valence-electron chi connectivity index (χ2n) is 3.44. The van der Waals surface area contributed by atoms with E-state index in [1.807, 2.05) is 0 Å². The highest BCUT2D eigenvalue weighted by atomic mass is 79.9. The van der Waals surface area contributed by atoms with E-state index >= 15 is 0 Å². The van der Waals surface area contributed by atoms with E-state index in [2.05, 4.69) is 42.2 Å². The Labute approximate surface area is 126 Å². The first kappa shape index (κ1) is 13.5. The van der Waals surface area contributed by atoms with Crippen LogP contribution in [0.1, 0.15) is 10.4 Å². The van der Waals surface area contributed by atoms with Gasteiger partial charge in [-0.1, -0.05) is 27.5 Å². The minimum absolute atomic E-state index is 0.246. The molecule has 0 radical (unpaired) electrons.